The van der Waals surface area contributed by atoms with Crippen LogP contribution in [0.5, 0.6) is 0 Å². The highest BCUT2D eigenvalue weighted by molar-refractivity contribution is 9.11. The van der Waals surface area contributed by atoms with Gasteiger partial charge < -0.3 is 10.6 Å². The van der Waals surface area contributed by atoms with E-state index >= 15 is 0 Å². The van der Waals surface area contributed by atoms with E-state index in [-0.39, 0.29) is 17.5 Å². The van der Waals surface area contributed by atoms with Crippen molar-refractivity contribution in [1.29, 1.82) is 0 Å². The maximum atomic E-state index is 12.3. The van der Waals surface area contributed by atoms with E-state index in [4.69, 9.17) is 5.73 Å². The predicted molar refractivity (Wildman–Crippen MR) is 69.7 cm³/mol. The molecule has 88 valence electrons. The van der Waals surface area contributed by atoms with Gasteiger partial charge in [-0.15, -0.1) is 11.3 Å². The summed E-state index contributed by atoms with van der Waals surface area (Å²) in [6.07, 6.45) is 0.866. The first kappa shape index (κ1) is 12.1. The summed E-state index contributed by atoms with van der Waals surface area (Å²) in [5, 5.41) is 0. The molecule has 0 saturated carbocycles. The Morgan fingerprint density at radius 2 is 2.31 bits per heavy atom. The van der Waals surface area contributed by atoms with Gasteiger partial charge in [-0.25, -0.2) is 0 Å². The fraction of sp³-hybridized carbons (Fsp3) is 0.545. The number of likely N-dealkylation sites (tertiary alicyclic amines) is 1. The summed E-state index contributed by atoms with van der Waals surface area (Å²) in [5.74, 6) is 0.0913. The Bertz CT molecular complexity index is 416. The predicted octanol–water partition coefficient (Wildman–Crippen LogP) is 2.46. The molecular weight excluding hydrogens is 288 g/mol. The van der Waals surface area contributed by atoms with Crippen LogP contribution in [-0.4, -0.2) is 28.9 Å². The molecule has 0 aliphatic carbocycles. The van der Waals surface area contributed by atoms with E-state index in [0.29, 0.717) is 6.54 Å². The molecule has 0 aromatic carbocycles. The van der Waals surface area contributed by atoms with Crippen molar-refractivity contribution in [1.82, 2.24) is 4.90 Å². The van der Waals surface area contributed by atoms with Crippen LogP contribution in [0.2, 0.25) is 0 Å². The molecule has 1 aromatic heterocycles. The number of hydrogen-bond acceptors (Lipinski definition) is 3. The number of carbonyl (C=O) groups excluding carboxylic acids is 1. The lowest BCUT2D eigenvalue weighted by atomic mass is 10.0. The number of rotatable bonds is 1. The largest absolute Gasteiger partial charge is 0.331 e. The SMILES string of the molecule is CC1(C)CC(N)CN1C(=O)c1ccc(Br)s1. The van der Waals surface area contributed by atoms with Gasteiger partial charge in [-0.2, -0.15) is 0 Å². The van der Waals surface area contributed by atoms with Crippen LogP contribution in [0.3, 0.4) is 0 Å². The van der Waals surface area contributed by atoms with Gasteiger partial charge in [-0.1, -0.05) is 0 Å². The fourth-order valence-electron chi connectivity index (χ4n) is 2.22. The van der Waals surface area contributed by atoms with Crippen LogP contribution in [0.15, 0.2) is 15.9 Å². The molecule has 3 nitrogen and oxygen atoms in total. The Labute approximate surface area is 108 Å². The quantitative estimate of drug-likeness (QED) is 0.866. The second-order valence-corrected chi connectivity index (χ2v) is 7.26. The molecule has 16 heavy (non-hydrogen) atoms. The second-order valence-electron chi connectivity index (χ2n) is 4.80. The monoisotopic (exact) mass is 302 g/mol. The molecule has 1 unspecified atom stereocenters. The Hall–Kier alpha value is -0.390. The van der Waals surface area contributed by atoms with Crippen molar-refractivity contribution < 1.29 is 4.79 Å². The van der Waals surface area contributed by atoms with Gasteiger partial charge in [0, 0.05) is 18.1 Å². The minimum Gasteiger partial charge on any atom is -0.331 e. The number of thiophene rings is 1. The van der Waals surface area contributed by atoms with E-state index in [1.165, 1.54) is 11.3 Å². The Kier molecular flexibility index (Phi) is 3.11. The maximum Gasteiger partial charge on any atom is 0.264 e. The summed E-state index contributed by atoms with van der Waals surface area (Å²) in [6, 6.07) is 3.86. The summed E-state index contributed by atoms with van der Waals surface area (Å²) >= 11 is 4.84. The number of carbonyl (C=O) groups is 1. The number of hydrogen-bond donors (Lipinski definition) is 1. The molecule has 1 fully saturated rings. The smallest absolute Gasteiger partial charge is 0.264 e. The molecule has 0 spiro atoms. The molecule has 1 atom stereocenters. The van der Waals surface area contributed by atoms with Crippen molar-refractivity contribution in [2.24, 2.45) is 5.73 Å². The van der Waals surface area contributed by atoms with Gasteiger partial charge in [0.25, 0.3) is 5.91 Å². The molecule has 2 heterocycles. The van der Waals surface area contributed by atoms with Crippen molar-refractivity contribution >= 4 is 33.2 Å². The van der Waals surface area contributed by atoms with E-state index in [2.05, 4.69) is 29.8 Å². The lowest BCUT2D eigenvalue weighted by molar-refractivity contribution is 0.0656. The third-order valence-electron chi connectivity index (χ3n) is 2.94. The summed E-state index contributed by atoms with van der Waals surface area (Å²) in [6.45, 7) is 4.79. The average molecular weight is 303 g/mol. The van der Waals surface area contributed by atoms with Crippen LogP contribution < -0.4 is 5.73 Å². The summed E-state index contributed by atoms with van der Waals surface area (Å²) in [4.78, 5) is 14.9. The zero-order chi connectivity index (χ0) is 11.9. The third-order valence-corrected chi connectivity index (χ3v) is 4.55. The zero-order valence-electron chi connectivity index (χ0n) is 9.37. The highest BCUT2D eigenvalue weighted by Gasteiger charge is 2.40. The van der Waals surface area contributed by atoms with E-state index < -0.39 is 0 Å². The first-order valence-electron chi connectivity index (χ1n) is 5.23. The van der Waals surface area contributed by atoms with E-state index in [9.17, 15) is 4.79 Å². The molecule has 1 saturated heterocycles. The molecule has 5 heteroatoms. The Morgan fingerprint density at radius 3 is 2.75 bits per heavy atom. The van der Waals surface area contributed by atoms with Gasteiger partial charge in [0.05, 0.1) is 8.66 Å². The van der Waals surface area contributed by atoms with Crippen molar-refractivity contribution in [3.8, 4) is 0 Å². The molecule has 0 radical (unpaired) electrons. The molecule has 0 bridgehead atoms. The van der Waals surface area contributed by atoms with Crippen LogP contribution in [-0.2, 0) is 0 Å². The van der Waals surface area contributed by atoms with Crippen LogP contribution in [0.25, 0.3) is 0 Å². The summed E-state index contributed by atoms with van der Waals surface area (Å²) in [7, 11) is 0. The molecule has 1 aromatic rings. The van der Waals surface area contributed by atoms with Crippen molar-refractivity contribution in [2.45, 2.75) is 31.8 Å². The number of halogens is 1. The van der Waals surface area contributed by atoms with E-state index in [1.807, 2.05) is 17.0 Å². The summed E-state index contributed by atoms with van der Waals surface area (Å²) in [5.41, 5.74) is 5.79. The third kappa shape index (κ3) is 2.17. The normalized spacial score (nSPS) is 23.8. The van der Waals surface area contributed by atoms with Gasteiger partial charge in [0.15, 0.2) is 0 Å². The lowest BCUT2D eigenvalue weighted by Crippen LogP contribution is -2.42. The minimum atomic E-state index is -0.132. The van der Waals surface area contributed by atoms with Crippen LogP contribution in [0.1, 0.15) is 29.9 Å². The van der Waals surface area contributed by atoms with Crippen molar-refractivity contribution in [3.63, 3.8) is 0 Å². The van der Waals surface area contributed by atoms with Crippen LogP contribution in [0.4, 0.5) is 0 Å². The van der Waals surface area contributed by atoms with Gasteiger partial charge in [0.2, 0.25) is 0 Å². The highest BCUT2D eigenvalue weighted by atomic mass is 79.9. The molecular formula is C11H15BrN2OS. The van der Waals surface area contributed by atoms with Crippen molar-refractivity contribution in [2.75, 3.05) is 6.54 Å². The van der Waals surface area contributed by atoms with Gasteiger partial charge in [0.1, 0.15) is 0 Å². The first-order chi connectivity index (χ1) is 7.40. The molecule has 2 N–H and O–H groups in total. The number of nitrogens with zero attached hydrogens (tertiary/aromatic N) is 1. The second kappa shape index (κ2) is 4.13. The number of amides is 1. The molecule has 1 aliphatic rings. The lowest BCUT2D eigenvalue weighted by Gasteiger charge is -2.30. The van der Waals surface area contributed by atoms with E-state index in [0.717, 1.165) is 15.1 Å². The van der Waals surface area contributed by atoms with E-state index in [1.54, 1.807) is 0 Å². The average Bonchev–Trinajstić information content (AvgIpc) is 2.69. The Balaban J connectivity index is 2.22. The molecule has 1 amide bonds. The fourth-order valence-corrected chi connectivity index (χ4v) is 3.55. The maximum absolute atomic E-state index is 12.3. The van der Waals surface area contributed by atoms with Crippen LogP contribution in [0, 0.1) is 0 Å². The minimum absolute atomic E-state index is 0.0913. The highest BCUT2D eigenvalue weighted by Crippen LogP contribution is 2.31. The zero-order valence-corrected chi connectivity index (χ0v) is 11.8. The molecule has 1 aliphatic heterocycles. The van der Waals surface area contributed by atoms with Gasteiger partial charge >= 0.3 is 0 Å². The van der Waals surface area contributed by atoms with Gasteiger partial charge in [-0.05, 0) is 48.3 Å². The van der Waals surface area contributed by atoms with Gasteiger partial charge in [-0.3, -0.25) is 4.79 Å². The van der Waals surface area contributed by atoms with Crippen LogP contribution >= 0.6 is 27.3 Å². The number of nitrogens with two attached hydrogens (primary N) is 1. The standard InChI is InChI=1S/C11H15BrN2OS/c1-11(2)5-7(13)6-14(11)10(15)8-3-4-9(12)16-8/h3-4,7H,5-6,13H2,1-2H3. The first-order valence-corrected chi connectivity index (χ1v) is 6.84. The van der Waals surface area contributed by atoms with Crippen molar-refractivity contribution in [3.05, 3.63) is 20.8 Å². The molecule has 2 rings (SSSR count). The summed E-state index contributed by atoms with van der Waals surface area (Å²) < 4.78 is 0.983. The topological polar surface area (TPSA) is 46.3 Å². The Morgan fingerprint density at radius 1 is 1.62 bits per heavy atom.